The van der Waals surface area contributed by atoms with Gasteiger partial charge in [-0.3, -0.25) is 0 Å². The molecule has 0 saturated carbocycles. The molecule has 0 aromatic rings. The molecule has 0 atom stereocenters. The molecule has 0 aliphatic rings. The second kappa shape index (κ2) is 4.16. The standard InChI is InChI=1S/C6HF11O/c7-3(8,6(15,16)17)2(18)1(4(9,10)11)5(12,13)14/h18H/p-1. The van der Waals surface area contributed by atoms with Gasteiger partial charge >= 0.3 is 24.5 Å². The van der Waals surface area contributed by atoms with Crippen molar-refractivity contribution in [1.29, 1.82) is 0 Å². The average molecular weight is 297 g/mol. The topological polar surface area (TPSA) is 23.1 Å². The molecule has 0 radical (unpaired) electrons. The van der Waals surface area contributed by atoms with Crippen LogP contribution in [0.3, 0.4) is 0 Å². The summed E-state index contributed by atoms with van der Waals surface area (Å²) in [5, 5.41) is 10.2. The van der Waals surface area contributed by atoms with E-state index in [2.05, 4.69) is 0 Å². The SMILES string of the molecule is [O-]C(=C(C(F)(F)F)C(F)(F)F)C(F)(F)C(F)(F)F. The molecule has 0 heterocycles. The molecule has 0 spiro atoms. The molecular formula is C6F11O-. The quantitative estimate of drug-likeness (QED) is 0.539. The summed E-state index contributed by atoms with van der Waals surface area (Å²) in [4.78, 5) is 0. The van der Waals surface area contributed by atoms with Crippen LogP contribution < -0.4 is 5.11 Å². The minimum Gasteiger partial charge on any atom is -0.871 e. The molecule has 0 unspecified atom stereocenters. The van der Waals surface area contributed by atoms with Crippen LogP contribution in [0.15, 0.2) is 11.3 Å². The second-order valence-electron chi connectivity index (χ2n) is 2.77. The van der Waals surface area contributed by atoms with Crippen molar-refractivity contribution < 1.29 is 53.4 Å². The highest BCUT2D eigenvalue weighted by Gasteiger charge is 2.62. The lowest BCUT2D eigenvalue weighted by Gasteiger charge is -2.30. The molecule has 1 nitrogen and oxygen atoms in total. The molecule has 0 bridgehead atoms. The lowest BCUT2D eigenvalue weighted by molar-refractivity contribution is -0.390. The van der Waals surface area contributed by atoms with Crippen molar-refractivity contribution in [3.63, 3.8) is 0 Å². The zero-order valence-corrected chi connectivity index (χ0v) is 7.57. The Morgan fingerprint density at radius 1 is 0.611 bits per heavy atom. The maximum atomic E-state index is 12.1. The van der Waals surface area contributed by atoms with Crippen LogP contribution in [-0.4, -0.2) is 24.5 Å². The Kier molecular flexibility index (Phi) is 3.87. The molecule has 0 fully saturated rings. The number of allylic oxidation sites excluding steroid dienone is 2. The Bertz CT molecular complexity index is 324. The zero-order chi connectivity index (χ0) is 15.2. The smallest absolute Gasteiger partial charge is 0.456 e. The Hall–Kier alpha value is -1.23. The van der Waals surface area contributed by atoms with Gasteiger partial charge in [-0.15, -0.1) is 0 Å². The van der Waals surface area contributed by atoms with Crippen LogP contribution >= 0.6 is 0 Å². The monoisotopic (exact) mass is 297 g/mol. The van der Waals surface area contributed by atoms with Crippen molar-refractivity contribution in [2.75, 3.05) is 0 Å². The van der Waals surface area contributed by atoms with Crippen LogP contribution in [0.25, 0.3) is 0 Å². The molecule has 18 heavy (non-hydrogen) atoms. The maximum Gasteiger partial charge on any atom is 0.456 e. The number of rotatable bonds is 1. The Labute approximate surface area is 90.5 Å². The van der Waals surface area contributed by atoms with E-state index >= 15 is 0 Å². The highest BCUT2D eigenvalue weighted by atomic mass is 19.4. The Balaban J connectivity index is 6.11. The summed E-state index contributed by atoms with van der Waals surface area (Å²) in [6, 6.07) is 0. The summed E-state index contributed by atoms with van der Waals surface area (Å²) in [5.74, 6) is -11.2. The zero-order valence-electron chi connectivity index (χ0n) is 7.57. The number of alkyl halides is 11. The highest BCUT2D eigenvalue weighted by Crippen LogP contribution is 2.47. The molecule has 0 aliphatic carbocycles. The first-order valence-electron chi connectivity index (χ1n) is 3.53. The largest absolute Gasteiger partial charge is 0.871 e. The summed E-state index contributed by atoms with van der Waals surface area (Å²) >= 11 is 0. The van der Waals surface area contributed by atoms with E-state index in [0.717, 1.165) is 0 Å². The molecule has 0 rings (SSSR count). The molecule has 0 N–H and O–H groups in total. The van der Waals surface area contributed by atoms with Crippen molar-refractivity contribution in [1.82, 2.24) is 0 Å². The van der Waals surface area contributed by atoms with Gasteiger partial charge in [-0.2, -0.15) is 48.3 Å². The highest BCUT2D eigenvalue weighted by molar-refractivity contribution is 5.24. The lowest BCUT2D eigenvalue weighted by atomic mass is 10.1. The van der Waals surface area contributed by atoms with Crippen molar-refractivity contribution >= 4 is 0 Å². The van der Waals surface area contributed by atoms with Gasteiger partial charge in [-0.1, -0.05) is 0 Å². The van der Waals surface area contributed by atoms with E-state index in [1.165, 1.54) is 0 Å². The van der Waals surface area contributed by atoms with E-state index < -0.39 is 35.8 Å². The first-order valence-corrected chi connectivity index (χ1v) is 3.53. The first-order chi connectivity index (χ1) is 7.53. The fourth-order valence-electron chi connectivity index (χ4n) is 0.704. The second-order valence-corrected chi connectivity index (χ2v) is 2.77. The summed E-state index contributed by atoms with van der Waals surface area (Å²) in [5.41, 5.74) is -4.42. The fraction of sp³-hybridized carbons (Fsp3) is 0.667. The van der Waals surface area contributed by atoms with Gasteiger partial charge in [0.05, 0.1) is 0 Å². The number of halogens is 11. The minimum atomic E-state index is -6.87. The lowest BCUT2D eigenvalue weighted by Crippen LogP contribution is -2.47. The van der Waals surface area contributed by atoms with E-state index in [0.29, 0.717) is 0 Å². The van der Waals surface area contributed by atoms with Gasteiger partial charge in [0, 0.05) is 0 Å². The minimum absolute atomic E-state index is 4.39. The molecule has 0 amide bonds. The van der Waals surface area contributed by atoms with E-state index in [1.807, 2.05) is 0 Å². The third-order valence-corrected chi connectivity index (χ3v) is 1.44. The van der Waals surface area contributed by atoms with E-state index in [9.17, 15) is 53.4 Å². The van der Waals surface area contributed by atoms with Crippen molar-refractivity contribution in [2.24, 2.45) is 0 Å². The summed E-state index contributed by atoms with van der Waals surface area (Å²) in [6.07, 6.45) is -20.3. The Morgan fingerprint density at radius 2 is 0.889 bits per heavy atom. The van der Waals surface area contributed by atoms with Crippen LogP contribution in [0.5, 0.6) is 0 Å². The maximum absolute atomic E-state index is 12.1. The van der Waals surface area contributed by atoms with Gasteiger partial charge in [-0.25, -0.2) is 0 Å². The van der Waals surface area contributed by atoms with E-state index in [4.69, 9.17) is 0 Å². The molecule has 12 heteroatoms. The molecule has 0 aromatic heterocycles. The van der Waals surface area contributed by atoms with Gasteiger partial charge in [0.25, 0.3) is 0 Å². The Morgan fingerprint density at radius 3 is 1.06 bits per heavy atom. The van der Waals surface area contributed by atoms with Crippen molar-refractivity contribution in [3.8, 4) is 0 Å². The summed E-state index contributed by atoms with van der Waals surface area (Å²) in [6.45, 7) is 0. The van der Waals surface area contributed by atoms with Crippen LogP contribution in [-0.2, 0) is 0 Å². The van der Waals surface area contributed by atoms with Crippen LogP contribution in [0.2, 0.25) is 0 Å². The van der Waals surface area contributed by atoms with Crippen molar-refractivity contribution in [2.45, 2.75) is 24.5 Å². The predicted molar refractivity (Wildman–Crippen MR) is 30.1 cm³/mol. The average Bonchev–Trinajstić information content (AvgIpc) is 1.95. The fourth-order valence-corrected chi connectivity index (χ4v) is 0.704. The van der Waals surface area contributed by atoms with Gasteiger partial charge < -0.3 is 5.11 Å². The van der Waals surface area contributed by atoms with E-state index in [-0.39, 0.29) is 0 Å². The third kappa shape index (κ3) is 3.16. The molecule has 0 aliphatic heterocycles. The molecule has 108 valence electrons. The van der Waals surface area contributed by atoms with Gasteiger partial charge in [-0.05, 0) is 5.76 Å². The van der Waals surface area contributed by atoms with Crippen LogP contribution in [0.1, 0.15) is 0 Å². The number of hydrogen-bond donors (Lipinski definition) is 0. The van der Waals surface area contributed by atoms with Gasteiger partial charge in [0.15, 0.2) is 0 Å². The first kappa shape index (κ1) is 16.8. The van der Waals surface area contributed by atoms with Gasteiger partial charge in [0.2, 0.25) is 0 Å². The third-order valence-electron chi connectivity index (χ3n) is 1.44. The summed E-state index contributed by atoms with van der Waals surface area (Å²) in [7, 11) is 0. The summed E-state index contributed by atoms with van der Waals surface area (Å²) < 4.78 is 129. The van der Waals surface area contributed by atoms with Gasteiger partial charge in [0.1, 0.15) is 5.57 Å². The van der Waals surface area contributed by atoms with Crippen molar-refractivity contribution in [3.05, 3.63) is 11.3 Å². The normalized spacial score (nSPS) is 14.6. The predicted octanol–water partition coefficient (Wildman–Crippen LogP) is 2.92. The molecule has 0 aromatic carbocycles. The van der Waals surface area contributed by atoms with Crippen LogP contribution in [0, 0.1) is 0 Å². The molecular weight excluding hydrogens is 297 g/mol. The van der Waals surface area contributed by atoms with E-state index in [1.54, 1.807) is 0 Å². The number of hydrogen-bond acceptors (Lipinski definition) is 1. The van der Waals surface area contributed by atoms with Crippen LogP contribution in [0.4, 0.5) is 48.3 Å². The molecule has 0 saturated heterocycles.